The third kappa shape index (κ3) is 3.04. The number of anilines is 2. The van der Waals surface area contributed by atoms with Crippen LogP contribution in [-0.4, -0.2) is 47.6 Å². The monoisotopic (exact) mass is 375 g/mol. The lowest BCUT2D eigenvalue weighted by atomic mass is 9.95. The van der Waals surface area contributed by atoms with E-state index in [1.165, 1.54) is 5.56 Å². The first-order chi connectivity index (χ1) is 13.8. The van der Waals surface area contributed by atoms with Gasteiger partial charge in [0.1, 0.15) is 11.3 Å². The van der Waals surface area contributed by atoms with Crippen LogP contribution in [0, 0.1) is 0 Å². The molecular formula is C19H21N9. The second-order valence-electron chi connectivity index (χ2n) is 7.04. The molecular weight excluding hydrogens is 354 g/mol. The molecule has 0 spiro atoms. The van der Waals surface area contributed by atoms with Gasteiger partial charge in [-0.3, -0.25) is 4.98 Å². The first-order valence-corrected chi connectivity index (χ1v) is 9.39. The van der Waals surface area contributed by atoms with Crippen LogP contribution >= 0.6 is 0 Å². The minimum atomic E-state index is 0.253. The van der Waals surface area contributed by atoms with Crippen LogP contribution in [0.2, 0.25) is 0 Å². The van der Waals surface area contributed by atoms with Crippen LogP contribution in [0.1, 0.15) is 30.1 Å². The molecule has 4 aromatic heterocycles. The van der Waals surface area contributed by atoms with E-state index in [0.29, 0.717) is 11.6 Å². The lowest BCUT2D eigenvalue weighted by Crippen LogP contribution is -2.34. The predicted molar refractivity (Wildman–Crippen MR) is 106 cm³/mol. The number of aromatic nitrogens is 7. The van der Waals surface area contributed by atoms with Crippen molar-refractivity contribution in [3.63, 3.8) is 0 Å². The van der Waals surface area contributed by atoms with E-state index in [9.17, 15) is 0 Å². The Kier molecular flexibility index (Phi) is 4.12. The van der Waals surface area contributed by atoms with Crippen LogP contribution in [0.4, 0.5) is 11.8 Å². The molecule has 28 heavy (non-hydrogen) atoms. The summed E-state index contributed by atoms with van der Waals surface area (Å²) >= 11 is 0. The molecule has 0 aromatic carbocycles. The second kappa shape index (κ2) is 6.91. The van der Waals surface area contributed by atoms with Gasteiger partial charge in [0.2, 0.25) is 5.95 Å². The summed E-state index contributed by atoms with van der Waals surface area (Å²) in [5.41, 5.74) is 8.49. The number of imidazole rings is 2. The topological polar surface area (TPSA) is 114 Å². The van der Waals surface area contributed by atoms with Crippen molar-refractivity contribution in [2.45, 2.75) is 25.3 Å². The minimum Gasteiger partial charge on any atom is -0.368 e. The summed E-state index contributed by atoms with van der Waals surface area (Å²) in [6, 6.07) is 4.06. The molecule has 1 saturated heterocycles. The maximum atomic E-state index is 5.87. The minimum absolute atomic E-state index is 0.253. The number of H-pyrrole nitrogens is 1. The van der Waals surface area contributed by atoms with Gasteiger partial charge in [-0.15, -0.1) is 0 Å². The number of nitrogens with one attached hydrogen (secondary N) is 1. The van der Waals surface area contributed by atoms with Gasteiger partial charge in [-0.25, -0.2) is 9.97 Å². The number of nitrogen functional groups attached to an aromatic ring is 1. The molecule has 0 amide bonds. The number of hydrogen-bond donors (Lipinski definition) is 2. The van der Waals surface area contributed by atoms with E-state index >= 15 is 0 Å². The first kappa shape index (κ1) is 16.7. The zero-order valence-corrected chi connectivity index (χ0v) is 15.4. The Balaban J connectivity index is 1.33. The Labute approximate surface area is 161 Å². The maximum absolute atomic E-state index is 5.87. The Hall–Kier alpha value is -3.49. The highest BCUT2D eigenvalue weighted by Crippen LogP contribution is 2.31. The van der Waals surface area contributed by atoms with E-state index in [2.05, 4.69) is 45.4 Å². The number of pyridine rings is 1. The van der Waals surface area contributed by atoms with Crippen molar-refractivity contribution >= 4 is 22.9 Å². The van der Waals surface area contributed by atoms with E-state index in [4.69, 9.17) is 5.73 Å². The fourth-order valence-corrected chi connectivity index (χ4v) is 3.92. The fourth-order valence-electron chi connectivity index (χ4n) is 3.92. The van der Waals surface area contributed by atoms with Gasteiger partial charge >= 0.3 is 0 Å². The van der Waals surface area contributed by atoms with Crippen molar-refractivity contribution in [2.24, 2.45) is 0 Å². The summed E-state index contributed by atoms with van der Waals surface area (Å²) in [6.45, 7) is 2.56. The molecule has 5 rings (SSSR count). The molecule has 1 aliphatic rings. The summed E-state index contributed by atoms with van der Waals surface area (Å²) in [5.74, 6) is 2.64. The SMILES string of the molecule is Nc1nc(N2CCC(c3nccn3Cc3cccnc3)CC2)c2[nH]cnc2n1. The zero-order valence-electron chi connectivity index (χ0n) is 15.4. The van der Waals surface area contributed by atoms with E-state index in [-0.39, 0.29) is 5.95 Å². The summed E-state index contributed by atoms with van der Waals surface area (Å²) in [4.78, 5) is 27.1. The van der Waals surface area contributed by atoms with Crippen LogP contribution in [-0.2, 0) is 6.54 Å². The smallest absolute Gasteiger partial charge is 0.224 e. The molecule has 9 nitrogen and oxygen atoms in total. The molecule has 9 heteroatoms. The summed E-state index contributed by atoms with van der Waals surface area (Å²) < 4.78 is 2.23. The van der Waals surface area contributed by atoms with Gasteiger partial charge in [0.15, 0.2) is 11.5 Å². The zero-order chi connectivity index (χ0) is 18.9. The van der Waals surface area contributed by atoms with Crippen LogP contribution in [0.25, 0.3) is 11.2 Å². The van der Waals surface area contributed by atoms with Crippen molar-refractivity contribution in [1.82, 2.24) is 34.5 Å². The Morgan fingerprint density at radius 2 is 2.04 bits per heavy atom. The third-order valence-electron chi connectivity index (χ3n) is 5.27. The Morgan fingerprint density at radius 1 is 1.14 bits per heavy atom. The number of nitrogens with zero attached hydrogens (tertiary/aromatic N) is 7. The molecule has 1 aliphatic heterocycles. The average molecular weight is 375 g/mol. The van der Waals surface area contributed by atoms with Crippen LogP contribution < -0.4 is 10.6 Å². The standard InChI is InChI=1S/C19H21N9/c20-19-25-16-15(23-12-24-16)18(26-19)27-7-3-14(4-8-27)17-22-6-9-28(17)11-13-2-1-5-21-10-13/h1-2,5-6,9-10,12,14H,3-4,7-8,11H2,(H3,20,23,24,25,26). The highest BCUT2D eigenvalue weighted by Gasteiger charge is 2.26. The van der Waals surface area contributed by atoms with Crippen LogP contribution in [0.5, 0.6) is 0 Å². The Morgan fingerprint density at radius 3 is 2.86 bits per heavy atom. The Bertz CT molecular complexity index is 1080. The van der Waals surface area contributed by atoms with Crippen molar-refractivity contribution < 1.29 is 0 Å². The third-order valence-corrected chi connectivity index (χ3v) is 5.27. The largest absolute Gasteiger partial charge is 0.368 e. The van der Waals surface area contributed by atoms with Gasteiger partial charge in [-0.1, -0.05) is 6.07 Å². The second-order valence-corrected chi connectivity index (χ2v) is 7.04. The normalized spacial score (nSPS) is 15.4. The predicted octanol–water partition coefficient (Wildman–Crippen LogP) is 1.96. The number of aromatic amines is 1. The number of nitrogens with two attached hydrogens (primary N) is 1. The lowest BCUT2D eigenvalue weighted by Gasteiger charge is -2.32. The summed E-state index contributed by atoms with van der Waals surface area (Å²) in [7, 11) is 0. The quantitative estimate of drug-likeness (QED) is 0.560. The van der Waals surface area contributed by atoms with Crippen molar-refractivity contribution in [2.75, 3.05) is 23.7 Å². The number of hydrogen-bond acceptors (Lipinski definition) is 7. The number of piperidine rings is 1. The van der Waals surface area contributed by atoms with Gasteiger partial charge in [0.25, 0.3) is 0 Å². The summed E-state index contributed by atoms with van der Waals surface area (Å²) in [6.07, 6.45) is 11.3. The molecule has 3 N–H and O–H groups in total. The van der Waals surface area contributed by atoms with Crippen molar-refractivity contribution in [3.8, 4) is 0 Å². The highest BCUT2D eigenvalue weighted by atomic mass is 15.2. The van der Waals surface area contributed by atoms with Gasteiger partial charge < -0.3 is 20.2 Å². The van der Waals surface area contributed by atoms with Gasteiger partial charge in [-0.2, -0.15) is 9.97 Å². The molecule has 1 fully saturated rings. The average Bonchev–Trinajstić information content (AvgIpc) is 3.38. The highest BCUT2D eigenvalue weighted by molar-refractivity contribution is 5.84. The molecule has 0 saturated carbocycles. The first-order valence-electron chi connectivity index (χ1n) is 9.39. The van der Waals surface area contributed by atoms with Crippen LogP contribution in [0.3, 0.4) is 0 Å². The van der Waals surface area contributed by atoms with Gasteiger partial charge in [0, 0.05) is 43.8 Å². The van der Waals surface area contributed by atoms with Crippen molar-refractivity contribution in [1.29, 1.82) is 0 Å². The van der Waals surface area contributed by atoms with E-state index in [1.807, 2.05) is 24.7 Å². The number of rotatable bonds is 4. The molecule has 0 unspecified atom stereocenters. The molecule has 0 radical (unpaired) electrons. The van der Waals surface area contributed by atoms with Crippen molar-refractivity contribution in [3.05, 3.63) is 54.6 Å². The van der Waals surface area contributed by atoms with E-state index < -0.39 is 0 Å². The number of fused-ring (bicyclic) bond motifs is 1. The molecule has 0 bridgehead atoms. The summed E-state index contributed by atoms with van der Waals surface area (Å²) in [5, 5.41) is 0. The lowest BCUT2D eigenvalue weighted by molar-refractivity contribution is 0.469. The maximum Gasteiger partial charge on any atom is 0.224 e. The molecule has 4 aromatic rings. The fraction of sp³-hybridized carbons (Fsp3) is 0.316. The molecule has 0 aliphatic carbocycles. The van der Waals surface area contributed by atoms with E-state index in [1.54, 1.807) is 12.5 Å². The van der Waals surface area contributed by atoms with Gasteiger partial charge in [0.05, 0.1) is 12.9 Å². The van der Waals surface area contributed by atoms with E-state index in [0.717, 1.165) is 49.6 Å². The van der Waals surface area contributed by atoms with Gasteiger partial charge in [-0.05, 0) is 24.5 Å². The molecule has 142 valence electrons. The molecule has 0 atom stereocenters. The molecule has 5 heterocycles. The van der Waals surface area contributed by atoms with Crippen LogP contribution in [0.15, 0.2) is 43.2 Å².